The third-order valence-electron chi connectivity index (χ3n) is 10.6. The van der Waals surface area contributed by atoms with Gasteiger partial charge < -0.3 is 14.2 Å². The SMILES string of the molecule is CC/C=C\C/C=C\C/C=C\C/C=C\C/C=C\CCCCOCC(COC(=O)CCCCCCCCCCCCCCCCC)OC(=O)CCCCCCCCCCC. The Morgan fingerprint density at radius 2 is 0.776 bits per heavy atom. The third kappa shape index (κ3) is 46.3. The Balaban J connectivity index is 4.26. The first-order valence-corrected chi connectivity index (χ1v) is 24.8. The number of rotatable bonds is 45. The smallest absolute Gasteiger partial charge is 0.306 e. The van der Waals surface area contributed by atoms with Crippen LogP contribution in [-0.2, 0) is 23.8 Å². The lowest BCUT2D eigenvalue weighted by atomic mass is 10.0. The highest BCUT2D eigenvalue weighted by atomic mass is 16.6. The van der Waals surface area contributed by atoms with Gasteiger partial charge in [0, 0.05) is 19.4 Å². The summed E-state index contributed by atoms with van der Waals surface area (Å²) < 4.78 is 17.3. The highest BCUT2D eigenvalue weighted by molar-refractivity contribution is 5.70. The number of esters is 2. The Kier molecular flexibility index (Phi) is 46.9. The van der Waals surface area contributed by atoms with Gasteiger partial charge in [-0.15, -0.1) is 0 Å². The molecular weight excluding hydrogens is 717 g/mol. The molecule has 0 aliphatic carbocycles. The van der Waals surface area contributed by atoms with Crippen molar-refractivity contribution in [2.45, 2.75) is 245 Å². The molecular formula is C53H94O5. The van der Waals surface area contributed by atoms with Gasteiger partial charge in [-0.1, -0.05) is 223 Å². The van der Waals surface area contributed by atoms with E-state index in [1.54, 1.807) is 0 Å². The van der Waals surface area contributed by atoms with Crippen molar-refractivity contribution in [3.05, 3.63) is 60.8 Å². The summed E-state index contributed by atoms with van der Waals surface area (Å²) in [6, 6.07) is 0. The molecule has 58 heavy (non-hydrogen) atoms. The molecule has 0 aromatic rings. The fourth-order valence-corrected chi connectivity index (χ4v) is 6.89. The van der Waals surface area contributed by atoms with E-state index in [2.05, 4.69) is 81.5 Å². The first kappa shape index (κ1) is 55.6. The van der Waals surface area contributed by atoms with E-state index in [0.717, 1.165) is 77.0 Å². The van der Waals surface area contributed by atoms with Crippen LogP contribution in [0.2, 0.25) is 0 Å². The summed E-state index contributed by atoms with van der Waals surface area (Å²) in [6.45, 7) is 7.62. The van der Waals surface area contributed by atoms with Crippen molar-refractivity contribution >= 4 is 11.9 Å². The van der Waals surface area contributed by atoms with Gasteiger partial charge in [-0.2, -0.15) is 0 Å². The highest BCUT2D eigenvalue weighted by Gasteiger charge is 2.17. The fraction of sp³-hybridized carbons (Fsp3) is 0.774. The van der Waals surface area contributed by atoms with Crippen LogP contribution in [0.1, 0.15) is 239 Å². The number of carbonyl (C=O) groups is 2. The largest absolute Gasteiger partial charge is 0.462 e. The van der Waals surface area contributed by atoms with E-state index in [-0.39, 0.29) is 25.2 Å². The molecule has 0 bridgehead atoms. The zero-order valence-corrected chi connectivity index (χ0v) is 38.6. The lowest BCUT2D eigenvalue weighted by Gasteiger charge is -2.18. The lowest BCUT2D eigenvalue weighted by molar-refractivity contribution is -0.163. The Bertz CT molecular complexity index is 1010. The van der Waals surface area contributed by atoms with Crippen LogP contribution >= 0.6 is 0 Å². The van der Waals surface area contributed by atoms with Crippen LogP contribution in [0.15, 0.2) is 60.8 Å². The molecule has 0 aliphatic heterocycles. The van der Waals surface area contributed by atoms with E-state index >= 15 is 0 Å². The maximum absolute atomic E-state index is 12.7. The Morgan fingerprint density at radius 3 is 1.21 bits per heavy atom. The molecule has 0 saturated heterocycles. The van der Waals surface area contributed by atoms with Crippen molar-refractivity contribution in [2.24, 2.45) is 0 Å². The van der Waals surface area contributed by atoms with Crippen molar-refractivity contribution in [1.29, 1.82) is 0 Å². The van der Waals surface area contributed by atoms with Crippen LogP contribution in [0.4, 0.5) is 0 Å². The molecule has 0 amide bonds. The zero-order chi connectivity index (χ0) is 42.1. The van der Waals surface area contributed by atoms with Gasteiger partial charge in [0.05, 0.1) is 6.61 Å². The minimum atomic E-state index is -0.554. The van der Waals surface area contributed by atoms with Crippen LogP contribution in [-0.4, -0.2) is 37.9 Å². The third-order valence-corrected chi connectivity index (χ3v) is 10.6. The number of carbonyl (C=O) groups excluding carboxylic acids is 2. The summed E-state index contributed by atoms with van der Waals surface area (Å²) in [5.41, 5.74) is 0. The number of unbranched alkanes of at least 4 members (excludes halogenated alkanes) is 24. The van der Waals surface area contributed by atoms with Gasteiger partial charge in [-0.05, 0) is 64.2 Å². The molecule has 0 heterocycles. The first-order chi connectivity index (χ1) is 28.6. The van der Waals surface area contributed by atoms with Crippen LogP contribution in [0.5, 0.6) is 0 Å². The molecule has 1 atom stereocenters. The second-order valence-electron chi connectivity index (χ2n) is 16.4. The maximum atomic E-state index is 12.7. The topological polar surface area (TPSA) is 61.8 Å². The van der Waals surface area contributed by atoms with Crippen LogP contribution in [0, 0.1) is 0 Å². The van der Waals surface area contributed by atoms with Gasteiger partial charge in [0.15, 0.2) is 6.10 Å². The normalized spacial score (nSPS) is 12.7. The average molecular weight is 811 g/mol. The van der Waals surface area contributed by atoms with Crippen molar-refractivity contribution < 1.29 is 23.8 Å². The van der Waals surface area contributed by atoms with Crippen LogP contribution in [0.25, 0.3) is 0 Å². The molecule has 5 nitrogen and oxygen atoms in total. The molecule has 0 aliphatic rings. The summed E-state index contributed by atoms with van der Waals surface area (Å²) in [7, 11) is 0. The van der Waals surface area contributed by atoms with Gasteiger partial charge in [0.2, 0.25) is 0 Å². The summed E-state index contributed by atoms with van der Waals surface area (Å²) >= 11 is 0. The minimum absolute atomic E-state index is 0.0705. The van der Waals surface area contributed by atoms with E-state index in [0.29, 0.717) is 19.4 Å². The predicted octanol–water partition coefficient (Wildman–Crippen LogP) is 16.6. The van der Waals surface area contributed by atoms with Crippen molar-refractivity contribution in [3.8, 4) is 0 Å². The lowest BCUT2D eigenvalue weighted by Crippen LogP contribution is -2.30. The molecule has 0 radical (unpaired) electrons. The molecule has 5 heteroatoms. The number of allylic oxidation sites excluding steroid dienone is 10. The monoisotopic (exact) mass is 811 g/mol. The van der Waals surface area contributed by atoms with Gasteiger partial charge in [0.1, 0.15) is 6.61 Å². The number of hydrogen-bond acceptors (Lipinski definition) is 5. The van der Waals surface area contributed by atoms with E-state index in [4.69, 9.17) is 14.2 Å². The second-order valence-corrected chi connectivity index (χ2v) is 16.4. The average Bonchev–Trinajstić information content (AvgIpc) is 3.22. The second kappa shape index (κ2) is 49.0. The van der Waals surface area contributed by atoms with Crippen molar-refractivity contribution in [3.63, 3.8) is 0 Å². The minimum Gasteiger partial charge on any atom is -0.462 e. The Hall–Kier alpha value is -2.40. The van der Waals surface area contributed by atoms with E-state index in [1.165, 1.54) is 128 Å². The molecule has 0 saturated carbocycles. The van der Waals surface area contributed by atoms with E-state index in [9.17, 15) is 9.59 Å². The summed E-state index contributed by atoms with van der Waals surface area (Å²) in [5.74, 6) is -0.417. The zero-order valence-electron chi connectivity index (χ0n) is 38.6. The van der Waals surface area contributed by atoms with Gasteiger partial charge in [0.25, 0.3) is 0 Å². The van der Waals surface area contributed by atoms with Gasteiger partial charge in [-0.3, -0.25) is 9.59 Å². The first-order valence-electron chi connectivity index (χ1n) is 24.8. The molecule has 336 valence electrons. The maximum Gasteiger partial charge on any atom is 0.306 e. The quantitative estimate of drug-likeness (QED) is 0.0348. The predicted molar refractivity (Wildman–Crippen MR) is 251 cm³/mol. The van der Waals surface area contributed by atoms with Gasteiger partial charge in [-0.25, -0.2) is 0 Å². The molecule has 1 unspecified atom stereocenters. The van der Waals surface area contributed by atoms with Crippen LogP contribution < -0.4 is 0 Å². The molecule has 0 fully saturated rings. The van der Waals surface area contributed by atoms with Gasteiger partial charge >= 0.3 is 11.9 Å². The number of hydrogen-bond donors (Lipinski definition) is 0. The summed E-state index contributed by atoms with van der Waals surface area (Å²) in [5, 5.41) is 0. The van der Waals surface area contributed by atoms with E-state index < -0.39 is 6.10 Å². The molecule has 0 spiro atoms. The standard InChI is InChI=1S/C53H94O5/c1-4-7-10-13-16-19-21-23-25-26-27-29-31-33-36-39-42-45-48-56-49-51(58-53(55)47-44-41-38-34-18-15-12-9-6-3)50-57-52(54)46-43-40-37-35-32-30-28-24-22-20-17-14-11-8-5-2/h7,10,16,19,23,25,27,29,33,36,51H,4-6,8-9,11-15,17-18,20-22,24,26,28,30-32,34-35,37-50H2,1-3H3/b10-7-,19-16-,25-23-,29-27-,36-33-. The van der Waals surface area contributed by atoms with Crippen LogP contribution in [0.3, 0.4) is 0 Å². The van der Waals surface area contributed by atoms with Crippen molar-refractivity contribution in [2.75, 3.05) is 19.8 Å². The molecule has 0 aromatic heterocycles. The molecule has 0 aromatic carbocycles. The Morgan fingerprint density at radius 1 is 0.397 bits per heavy atom. The fourth-order valence-electron chi connectivity index (χ4n) is 6.89. The molecule has 0 rings (SSSR count). The summed E-state index contributed by atoms with van der Waals surface area (Å²) in [6.07, 6.45) is 60.9. The Labute approximate surface area is 360 Å². The van der Waals surface area contributed by atoms with Crippen molar-refractivity contribution in [1.82, 2.24) is 0 Å². The highest BCUT2D eigenvalue weighted by Crippen LogP contribution is 2.15. The molecule has 0 N–H and O–H groups in total. The number of ether oxygens (including phenoxy) is 3. The summed E-state index contributed by atoms with van der Waals surface area (Å²) in [4.78, 5) is 25.3. The van der Waals surface area contributed by atoms with E-state index in [1.807, 2.05) is 0 Å².